The quantitative estimate of drug-likeness (QED) is 0.263. The van der Waals surface area contributed by atoms with Gasteiger partial charge in [0.25, 0.3) is 0 Å². The van der Waals surface area contributed by atoms with Crippen molar-refractivity contribution < 1.29 is 19.1 Å². The first-order valence-corrected chi connectivity index (χ1v) is 12.7. The third-order valence-corrected chi connectivity index (χ3v) is 7.38. The molecular weight excluding hydrogens is 484 g/mol. The highest BCUT2D eigenvalue weighted by Crippen LogP contribution is 2.47. The average molecular weight is 511 g/mol. The molecule has 186 valence electrons. The molecule has 0 fully saturated rings. The van der Waals surface area contributed by atoms with Gasteiger partial charge in [0, 0.05) is 10.9 Å². The van der Waals surface area contributed by atoms with Crippen LogP contribution < -0.4 is 0 Å². The molecule has 0 heterocycles. The molecule has 0 aromatic heterocycles. The van der Waals surface area contributed by atoms with Gasteiger partial charge in [-0.1, -0.05) is 91.3 Å². The Morgan fingerprint density at radius 3 is 1.73 bits per heavy atom. The van der Waals surface area contributed by atoms with Crippen LogP contribution in [0.1, 0.15) is 61.7 Å². The predicted octanol–water partition coefficient (Wildman–Crippen LogP) is 7.35. The van der Waals surface area contributed by atoms with Crippen LogP contribution >= 0.6 is 11.6 Å². The number of rotatable bonds is 5. The van der Waals surface area contributed by atoms with Crippen molar-refractivity contribution in [2.45, 2.75) is 37.9 Å². The predicted molar refractivity (Wildman–Crippen MR) is 144 cm³/mol. The van der Waals surface area contributed by atoms with Crippen LogP contribution in [-0.2, 0) is 9.47 Å². The summed E-state index contributed by atoms with van der Waals surface area (Å²) in [5.74, 6) is -1.60. The molecule has 37 heavy (non-hydrogen) atoms. The SMILES string of the molecule is Cc1cccc(Cl)c1C1c2ccccc2C(C)C(OC(=O)c2ccccc2)C1OC(=O)c1ccccc1. The fourth-order valence-electron chi connectivity index (χ4n) is 5.23. The summed E-state index contributed by atoms with van der Waals surface area (Å²) in [4.78, 5) is 26.6. The molecule has 0 N–H and O–H groups in total. The molecule has 0 spiro atoms. The topological polar surface area (TPSA) is 52.6 Å². The van der Waals surface area contributed by atoms with Gasteiger partial charge in [0.1, 0.15) is 6.10 Å². The minimum Gasteiger partial charge on any atom is -0.454 e. The molecule has 4 aromatic carbocycles. The van der Waals surface area contributed by atoms with E-state index in [1.165, 1.54) is 0 Å². The second-order valence-corrected chi connectivity index (χ2v) is 9.74. The summed E-state index contributed by atoms with van der Waals surface area (Å²) in [7, 11) is 0. The lowest BCUT2D eigenvalue weighted by molar-refractivity contribution is -0.0532. The van der Waals surface area contributed by atoms with E-state index < -0.39 is 30.1 Å². The molecule has 4 unspecified atom stereocenters. The first-order valence-electron chi connectivity index (χ1n) is 12.3. The van der Waals surface area contributed by atoms with Crippen LogP contribution in [0, 0.1) is 6.92 Å². The lowest BCUT2D eigenvalue weighted by Gasteiger charge is -2.42. The van der Waals surface area contributed by atoms with Crippen molar-refractivity contribution in [3.63, 3.8) is 0 Å². The van der Waals surface area contributed by atoms with Crippen molar-refractivity contribution >= 4 is 23.5 Å². The summed E-state index contributed by atoms with van der Waals surface area (Å²) in [5.41, 5.74) is 4.73. The molecule has 4 nitrogen and oxygen atoms in total. The van der Waals surface area contributed by atoms with Crippen molar-refractivity contribution in [3.8, 4) is 0 Å². The van der Waals surface area contributed by atoms with Crippen LogP contribution in [0.4, 0.5) is 0 Å². The highest BCUT2D eigenvalue weighted by Gasteiger charge is 2.47. The molecule has 0 bridgehead atoms. The monoisotopic (exact) mass is 510 g/mol. The van der Waals surface area contributed by atoms with E-state index in [2.05, 4.69) is 0 Å². The van der Waals surface area contributed by atoms with Crippen LogP contribution in [0.25, 0.3) is 0 Å². The van der Waals surface area contributed by atoms with Gasteiger partial charge in [-0.3, -0.25) is 0 Å². The van der Waals surface area contributed by atoms with Crippen LogP contribution in [0.15, 0.2) is 103 Å². The van der Waals surface area contributed by atoms with E-state index in [1.54, 1.807) is 48.5 Å². The van der Waals surface area contributed by atoms with Crippen molar-refractivity contribution in [2.75, 3.05) is 0 Å². The van der Waals surface area contributed by atoms with E-state index in [0.717, 1.165) is 22.3 Å². The summed E-state index contributed by atoms with van der Waals surface area (Å²) < 4.78 is 12.4. The molecule has 0 saturated carbocycles. The molecule has 0 amide bonds. The van der Waals surface area contributed by atoms with Gasteiger partial charge < -0.3 is 9.47 Å². The zero-order valence-corrected chi connectivity index (χ0v) is 21.4. The maximum Gasteiger partial charge on any atom is 0.338 e. The highest BCUT2D eigenvalue weighted by molar-refractivity contribution is 6.31. The third kappa shape index (κ3) is 4.90. The van der Waals surface area contributed by atoms with Crippen LogP contribution in [0.3, 0.4) is 0 Å². The van der Waals surface area contributed by atoms with Crippen molar-refractivity contribution in [2.24, 2.45) is 0 Å². The second-order valence-electron chi connectivity index (χ2n) is 9.34. The van der Waals surface area contributed by atoms with E-state index in [4.69, 9.17) is 21.1 Å². The Morgan fingerprint density at radius 2 is 1.16 bits per heavy atom. The molecule has 4 atom stereocenters. The number of benzene rings is 4. The zero-order chi connectivity index (χ0) is 25.9. The van der Waals surface area contributed by atoms with E-state index in [1.807, 2.05) is 68.4 Å². The van der Waals surface area contributed by atoms with Crippen molar-refractivity contribution in [1.29, 1.82) is 0 Å². The fraction of sp³-hybridized carbons (Fsp3) is 0.188. The highest BCUT2D eigenvalue weighted by atomic mass is 35.5. The number of hydrogen-bond donors (Lipinski definition) is 0. The number of aryl methyl sites for hydroxylation is 1. The fourth-order valence-corrected chi connectivity index (χ4v) is 5.57. The molecular formula is C32H27ClO4. The first kappa shape index (κ1) is 24.8. The third-order valence-electron chi connectivity index (χ3n) is 7.05. The standard InChI is InChI=1S/C32H27ClO4/c1-20-12-11-19-26(33)27(20)28-25-18-10-9-17-24(25)21(2)29(36-31(34)22-13-5-3-6-14-22)30(28)37-32(35)23-15-7-4-8-16-23/h3-19,21,28-30H,1-2H3. The number of halogens is 1. The molecule has 1 aliphatic carbocycles. The number of hydrogen-bond acceptors (Lipinski definition) is 4. The Bertz CT molecular complexity index is 1400. The maximum absolute atomic E-state index is 13.4. The molecule has 0 saturated heterocycles. The molecule has 4 aromatic rings. The summed E-state index contributed by atoms with van der Waals surface area (Å²) in [6.07, 6.45) is -1.54. The minimum absolute atomic E-state index is 0.225. The number of carbonyl (C=O) groups excluding carboxylic acids is 2. The molecule has 5 heteroatoms. The van der Waals surface area contributed by atoms with Gasteiger partial charge in [-0.15, -0.1) is 0 Å². The van der Waals surface area contributed by atoms with Gasteiger partial charge in [-0.25, -0.2) is 9.59 Å². The number of fused-ring (bicyclic) bond motifs is 1. The lowest BCUT2D eigenvalue weighted by atomic mass is 9.70. The Balaban J connectivity index is 1.65. The number of ether oxygens (including phenoxy) is 2. The van der Waals surface area contributed by atoms with Gasteiger partial charge in [0.15, 0.2) is 6.10 Å². The van der Waals surface area contributed by atoms with Crippen molar-refractivity contribution in [3.05, 3.63) is 142 Å². The van der Waals surface area contributed by atoms with Crippen LogP contribution in [0.2, 0.25) is 5.02 Å². The van der Waals surface area contributed by atoms with Crippen LogP contribution in [0.5, 0.6) is 0 Å². The summed E-state index contributed by atoms with van der Waals surface area (Å²) >= 11 is 6.79. The van der Waals surface area contributed by atoms with Crippen LogP contribution in [-0.4, -0.2) is 24.1 Å². The minimum atomic E-state index is -0.802. The maximum atomic E-state index is 13.4. The van der Waals surface area contributed by atoms with E-state index in [0.29, 0.717) is 16.1 Å². The lowest BCUT2D eigenvalue weighted by Crippen LogP contribution is -2.47. The summed E-state index contributed by atoms with van der Waals surface area (Å²) in [6.45, 7) is 3.99. The first-order chi connectivity index (χ1) is 18.0. The van der Waals surface area contributed by atoms with Gasteiger partial charge >= 0.3 is 11.9 Å². The van der Waals surface area contributed by atoms with Crippen molar-refractivity contribution in [1.82, 2.24) is 0 Å². The second kappa shape index (κ2) is 10.6. The normalized spacial score (nSPS) is 20.5. The summed E-state index contributed by atoms with van der Waals surface area (Å²) in [5, 5.41) is 0.572. The summed E-state index contributed by atoms with van der Waals surface area (Å²) in [6, 6.07) is 31.4. The Morgan fingerprint density at radius 1 is 0.649 bits per heavy atom. The number of esters is 2. The Labute approximate surface area is 221 Å². The van der Waals surface area contributed by atoms with Gasteiger partial charge in [-0.2, -0.15) is 0 Å². The van der Waals surface area contributed by atoms with Gasteiger partial charge in [0.2, 0.25) is 0 Å². The van der Waals surface area contributed by atoms with Gasteiger partial charge in [0.05, 0.1) is 17.0 Å². The van der Waals surface area contributed by atoms with Gasteiger partial charge in [-0.05, 0) is 59.5 Å². The molecule has 1 aliphatic rings. The number of carbonyl (C=O) groups is 2. The van der Waals surface area contributed by atoms with E-state index >= 15 is 0 Å². The molecule has 0 radical (unpaired) electrons. The molecule has 0 aliphatic heterocycles. The average Bonchev–Trinajstić information content (AvgIpc) is 2.93. The van der Waals surface area contributed by atoms with E-state index in [9.17, 15) is 9.59 Å². The zero-order valence-electron chi connectivity index (χ0n) is 20.6. The Kier molecular flexibility index (Phi) is 7.11. The van der Waals surface area contributed by atoms with E-state index in [-0.39, 0.29) is 5.92 Å². The largest absolute Gasteiger partial charge is 0.454 e. The Hall–Kier alpha value is -3.89. The molecule has 5 rings (SSSR count). The smallest absolute Gasteiger partial charge is 0.338 e.